The van der Waals surface area contributed by atoms with Gasteiger partial charge in [0.05, 0.1) is 0 Å². The molecule has 0 spiro atoms. The molecule has 1 rings (SSSR count). The minimum absolute atomic E-state index is 0.139. The van der Waals surface area contributed by atoms with Gasteiger partial charge in [-0.3, -0.25) is 0 Å². The molecule has 0 unspecified atom stereocenters. The van der Waals surface area contributed by atoms with Gasteiger partial charge in [0.2, 0.25) is 0 Å². The van der Waals surface area contributed by atoms with E-state index in [4.69, 9.17) is 10.0 Å². The average Bonchev–Trinajstić information content (AvgIpc) is 2.35. The maximum Gasteiger partial charge on any atom is 0.455 e. The van der Waals surface area contributed by atoms with Crippen LogP contribution in [-0.2, 0) is 0 Å². The van der Waals surface area contributed by atoms with Crippen molar-refractivity contribution in [3.05, 3.63) is 0 Å². The van der Waals surface area contributed by atoms with Gasteiger partial charge in [-0.1, -0.05) is 20.8 Å². The minimum atomic E-state index is -1.09. The predicted octanol–water partition coefficient (Wildman–Crippen LogP) is 0.895. The first-order chi connectivity index (χ1) is 4.43. The quantitative estimate of drug-likeness (QED) is 0.534. The fourth-order valence-electron chi connectivity index (χ4n) is 1.54. The van der Waals surface area contributed by atoms with Crippen molar-refractivity contribution in [1.29, 1.82) is 0 Å². The van der Waals surface area contributed by atoms with Crippen LogP contribution in [0.25, 0.3) is 0 Å². The van der Waals surface area contributed by atoms with Crippen LogP contribution in [0.15, 0.2) is 0 Å². The van der Waals surface area contributed by atoms with Gasteiger partial charge in [0.1, 0.15) is 0 Å². The molecule has 1 aliphatic rings. The fourth-order valence-corrected chi connectivity index (χ4v) is 1.54. The van der Waals surface area contributed by atoms with Crippen LogP contribution in [0.1, 0.15) is 27.2 Å². The van der Waals surface area contributed by atoms with Crippen LogP contribution in [0.2, 0.25) is 5.82 Å². The molecule has 58 valence electrons. The van der Waals surface area contributed by atoms with Gasteiger partial charge < -0.3 is 10.0 Å². The Morgan fingerprint density at radius 2 is 1.80 bits per heavy atom. The summed E-state index contributed by atoms with van der Waals surface area (Å²) in [6, 6.07) is 0. The topological polar surface area (TPSA) is 40.5 Å². The van der Waals surface area contributed by atoms with E-state index in [1.165, 1.54) is 0 Å². The molecule has 1 saturated carbocycles. The second kappa shape index (κ2) is 2.24. The van der Waals surface area contributed by atoms with Crippen molar-refractivity contribution in [1.82, 2.24) is 0 Å². The summed E-state index contributed by atoms with van der Waals surface area (Å²) in [6.07, 6.45) is 0.973. The van der Waals surface area contributed by atoms with Crippen LogP contribution >= 0.6 is 0 Å². The highest BCUT2D eigenvalue weighted by molar-refractivity contribution is 6.44. The van der Waals surface area contributed by atoms with Gasteiger partial charge in [0.25, 0.3) is 0 Å². The van der Waals surface area contributed by atoms with E-state index in [1.54, 1.807) is 0 Å². The lowest BCUT2D eigenvalue weighted by Crippen LogP contribution is -2.16. The van der Waals surface area contributed by atoms with Crippen LogP contribution in [-0.4, -0.2) is 17.2 Å². The maximum absolute atomic E-state index is 8.78. The summed E-state index contributed by atoms with van der Waals surface area (Å²) < 4.78 is 0. The van der Waals surface area contributed by atoms with Crippen molar-refractivity contribution in [3.63, 3.8) is 0 Å². The molecule has 1 aliphatic carbocycles. The zero-order valence-electron chi connectivity index (χ0n) is 6.83. The van der Waals surface area contributed by atoms with E-state index in [-0.39, 0.29) is 11.2 Å². The molecule has 0 aromatic rings. The molecule has 1 fully saturated rings. The molecule has 0 aliphatic heterocycles. The van der Waals surface area contributed by atoms with Gasteiger partial charge in [-0.15, -0.1) is 0 Å². The molecule has 0 saturated heterocycles. The molecule has 2 nitrogen and oxygen atoms in total. The molecule has 10 heavy (non-hydrogen) atoms. The molecule has 2 atom stereocenters. The Kier molecular flexibility index (Phi) is 1.81. The van der Waals surface area contributed by atoms with E-state index in [0.717, 1.165) is 6.42 Å². The van der Waals surface area contributed by atoms with Crippen LogP contribution in [0.3, 0.4) is 0 Å². The Hall–Kier alpha value is -0.0151. The molecule has 2 N–H and O–H groups in total. The Labute approximate surface area is 62.4 Å². The highest BCUT2D eigenvalue weighted by Gasteiger charge is 2.50. The van der Waals surface area contributed by atoms with E-state index in [9.17, 15) is 0 Å². The van der Waals surface area contributed by atoms with E-state index in [0.29, 0.717) is 5.92 Å². The van der Waals surface area contributed by atoms with Gasteiger partial charge in [0, 0.05) is 0 Å². The average molecular weight is 142 g/mol. The summed E-state index contributed by atoms with van der Waals surface area (Å²) in [6.45, 7) is 6.42. The molecule has 0 radical (unpaired) electrons. The predicted molar refractivity (Wildman–Crippen MR) is 41.5 cm³/mol. The molecule has 0 heterocycles. The number of hydrogen-bond donors (Lipinski definition) is 2. The summed E-state index contributed by atoms with van der Waals surface area (Å²) >= 11 is 0. The van der Waals surface area contributed by atoms with Crippen molar-refractivity contribution >= 4 is 7.12 Å². The zero-order chi connectivity index (χ0) is 7.94. The second-order valence-corrected chi connectivity index (χ2v) is 4.29. The Morgan fingerprint density at radius 1 is 1.30 bits per heavy atom. The van der Waals surface area contributed by atoms with Crippen LogP contribution in [0, 0.1) is 11.3 Å². The highest BCUT2D eigenvalue weighted by atomic mass is 16.4. The standard InChI is InChI=1S/C7H15BO2/c1-7(2,3)5-4-6(5)8(9)10/h5-6,9-10H,4H2,1-3H3/t5-,6+/m0/s1. The van der Waals surface area contributed by atoms with Crippen molar-refractivity contribution in [2.75, 3.05) is 0 Å². The van der Waals surface area contributed by atoms with Gasteiger partial charge in [-0.05, 0) is 23.6 Å². The Balaban J connectivity index is 2.39. The smallest absolute Gasteiger partial charge is 0.427 e. The zero-order valence-corrected chi connectivity index (χ0v) is 6.83. The number of rotatable bonds is 1. The molecular formula is C7H15BO2. The summed E-state index contributed by atoms with van der Waals surface area (Å²) in [5, 5.41) is 17.6. The lowest BCUT2D eigenvalue weighted by atomic mass is 9.76. The molecule has 0 amide bonds. The first kappa shape index (κ1) is 8.09. The van der Waals surface area contributed by atoms with E-state index < -0.39 is 7.12 Å². The minimum Gasteiger partial charge on any atom is -0.427 e. The second-order valence-electron chi connectivity index (χ2n) is 4.29. The van der Waals surface area contributed by atoms with Gasteiger partial charge >= 0.3 is 7.12 Å². The van der Waals surface area contributed by atoms with Crippen molar-refractivity contribution in [2.45, 2.75) is 33.0 Å². The SMILES string of the molecule is CC(C)(C)[C@H]1C[C@H]1B(O)O. The number of hydrogen-bond acceptors (Lipinski definition) is 2. The summed E-state index contributed by atoms with van der Waals surface area (Å²) in [7, 11) is -1.09. The third-order valence-corrected chi connectivity index (χ3v) is 2.34. The van der Waals surface area contributed by atoms with E-state index >= 15 is 0 Å². The largest absolute Gasteiger partial charge is 0.455 e. The van der Waals surface area contributed by atoms with E-state index in [1.807, 2.05) is 0 Å². The van der Waals surface area contributed by atoms with Crippen molar-refractivity contribution in [3.8, 4) is 0 Å². The molecular weight excluding hydrogens is 127 g/mol. The van der Waals surface area contributed by atoms with Crippen LogP contribution < -0.4 is 0 Å². The first-order valence-electron chi connectivity index (χ1n) is 3.79. The first-order valence-corrected chi connectivity index (χ1v) is 3.79. The third-order valence-electron chi connectivity index (χ3n) is 2.34. The summed E-state index contributed by atoms with van der Waals surface area (Å²) in [5.74, 6) is 0.646. The monoisotopic (exact) mass is 142 g/mol. The lowest BCUT2D eigenvalue weighted by Gasteiger charge is -2.17. The van der Waals surface area contributed by atoms with Crippen molar-refractivity contribution in [2.24, 2.45) is 11.3 Å². The highest BCUT2D eigenvalue weighted by Crippen LogP contribution is 2.55. The molecule has 0 aromatic carbocycles. The normalized spacial score (nSPS) is 32.1. The fraction of sp³-hybridized carbons (Fsp3) is 1.00. The summed E-state index contributed by atoms with van der Waals surface area (Å²) in [4.78, 5) is 0. The van der Waals surface area contributed by atoms with Crippen LogP contribution in [0.5, 0.6) is 0 Å². The molecule has 0 aromatic heterocycles. The summed E-state index contributed by atoms with van der Waals surface area (Å²) in [5.41, 5.74) is 0.244. The lowest BCUT2D eigenvalue weighted by molar-refractivity contribution is 0.333. The molecule has 0 bridgehead atoms. The third kappa shape index (κ3) is 1.52. The molecule has 3 heteroatoms. The van der Waals surface area contributed by atoms with E-state index in [2.05, 4.69) is 20.8 Å². The Morgan fingerprint density at radius 3 is 1.90 bits per heavy atom. The van der Waals surface area contributed by atoms with Crippen LogP contribution in [0.4, 0.5) is 0 Å². The van der Waals surface area contributed by atoms with Gasteiger partial charge in [-0.2, -0.15) is 0 Å². The van der Waals surface area contributed by atoms with Gasteiger partial charge in [-0.25, -0.2) is 0 Å². The van der Waals surface area contributed by atoms with Gasteiger partial charge in [0.15, 0.2) is 0 Å². The maximum atomic E-state index is 8.78. The van der Waals surface area contributed by atoms with Crippen molar-refractivity contribution < 1.29 is 10.0 Å². The Bertz CT molecular complexity index is 128.